The summed E-state index contributed by atoms with van der Waals surface area (Å²) in [5.74, 6) is -0.378. The third-order valence-corrected chi connectivity index (χ3v) is 5.57. The summed E-state index contributed by atoms with van der Waals surface area (Å²) in [5, 5.41) is 3.57. The van der Waals surface area contributed by atoms with E-state index in [9.17, 15) is 14.0 Å². The molecule has 0 bridgehead atoms. The van der Waals surface area contributed by atoms with Crippen molar-refractivity contribution in [1.29, 1.82) is 0 Å². The van der Waals surface area contributed by atoms with Crippen LogP contribution < -0.4 is 10.1 Å². The Morgan fingerprint density at radius 1 is 1.13 bits per heavy atom. The molecule has 0 saturated carbocycles. The van der Waals surface area contributed by atoms with Crippen LogP contribution in [0, 0.1) is 12.7 Å². The van der Waals surface area contributed by atoms with E-state index in [-0.39, 0.29) is 36.8 Å². The molecule has 0 spiro atoms. The summed E-state index contributed by atoms with van der Waals surface area (Å²) >= 11 is 6.04. The zero-order valence-electron chi connectivity index (χ0n) is 18.5. The fraction of sp³-hybridized carbons (Fsp3) is 0.417. The van der Waals surface area contributed by atoms with Crippen molar-refractivity contribution in [3.63, 3.8) is 0 Å². The van der Waals surface area contributed by atoms with Gasteiger partial charge in [0.15, 0.2) is 6.61 Å². The summed E-state index contributed by atoms with van der Waals surface area (Å²) in [6.07, 6.45) is 1.22. The lowest BCUT2D eigenvalue weighted by Crippen LogP contribution is -2.51. The van der Waals surface area contributed by atoms with E-state index in [1.54, 1.807) is 30.3 Å². The number of nitrogens with zero attached hydrogens (tertiary/aromatic N) is 1. The first-order valence-corrected chi connectivity index (χ1v) is 10.9. The molecule has 0 aromatic heterocycles. The third-order valence-electron chi connectivity index (χ3n) is 5.14. The number of nitrogens with one attached hydrogen (secondary N) is 1. The molecule has 0 aliphatic heterocycles. The Labute approximate surface area is 188 Å². The molecule has 2 aromatic rings. The van der Waals surface area contributed by atoms with Crippen LogP contribution in [0.3, 0.4) is 0 Å². The average Bonchev–Trinajstić information content (AvgIpc) is 2.75. The Kier molecular flexibility index (Phi) is 9.31. The van der Waals surface area contributed by atoms with Crippen LogP contribution in [0.5, 0.6) is 5.75 Å². The van der Waals surface area contributed by atoms with Crippen LogP contribution in [0.25, 0.3) is 0 Å². The van der Waals surface area contributed by atoms with Crippen molar-refractivity contribution in [1.82, 2.24) is 10.2 Å². The molecule has 0 unspecified atom stereocenters. The topological polar surface area (TPSA) is 58.6 Å². The average molecular weight is 449 g/mol. The zero-order chi connectivity index (χ0) is 23.0. The SMILES string of the molecule is CC[C@@H](C)NC(=O)[C@@H](CC)N(Cc1ccc(F)cc1)C(=O)COc1ccc(Cl)c(C)c1. The quantitative estimate of drug-likeness (QED) is 0.563. The van der Waals surface area contributed by atoms with Gasteiger partial charge in [-0.05, 0) is 68.1 Å². The molecule has 0 radical (unpaired) electrons. The molecule has 0 aliphatic rings. The van der Waals surface area contributed by atoms with E-state index in [0.29, 0.717) is 17.2 Å². The largest absolute Gasteiger partial charge is 0.484 e. The molecular formula is C24H30ClFN2O3. The van der Waals surface area contributed by atoms with Crippen LogP contribution in [0.4, 0.5) is 4.39 Å². The van der Waals surface area contributed by atoms with Gasteiger partial charge in [-0.15, -0.1) is 0 Å². The maximum Gasteiger partial charge on any atom is 0.261 e. The van der Waals surface area contributed by atoms with Crippen molar-refractivity contribution in [3.05, 3.63) is 64.4 Å². The summed E-state index contributed by atoms with van der Waals surface area (Å²) in [6, 6.07) is 10.4. The maximum absolute atomic E-state index is 13.3. The van der Waals surface area contributed by atoms with Gasteiger partial charge in [-0.25, -0.2) is 4.39 Å². The van der Waals surface area contributed by atoms with Crippen molar-refractivity contribution in [3.8, 4) is 5.75 Å². The summed E-state index contributed by atoms with van der Waals surface area (Å²) in [6.45, 7) is 7.56. The van der Waals surface area contributed by atoms with Crippen LogP contribution in [0.1, 0.15) is 44.7 Å². The minimum Gasteiger partial charge on any atom is -0.484 e. The highest BCUT2D eigenvalue weighted by Crippen LogP contribution is 2.21. The Morgan fingerprint density at radius 3 is 2.39 bits per heavy atom. The molecule has 2 amide bonds. The molecule has 2 rings (SSSR count). The number of aryl methyl sites for hydroxylation is 1. The Bertz CT molecular complexity index is 889. The Morgan fingerprint density at radius 2 is 1.81 bits per heavy atom. The molecule has 0 saturated heterocycles. The van der Waals surface area contributed by atoms with Gasteiger partial charge in [0.2, 0.25) is 5.91 Å². The third kappa shape index (κ3) is 7.24. The van der Waals surface area contributed by atoms with Crippen molar-refractivity contribution in [2.75, 3.05) is 6.61 Å². The fourth-order valence-corrected chi connectivity index (χ4v) is 3.20. The van der Waals surface area contributed by atoms with Crippen LogP contribution in [0.15, 0.2) is 42.5 Å². The van der Waals surface area contributed by atoms with E-state index >= 15 is 0 Å². The lowest BCUT2D eigenvalue weighted by Gasteiger charge is -2.31. The van der Waals surface area contributed by atoms with E-state index in [0.717, 1.165) is 17.5 Å². The van der Waals surface area contributed by atoms with Gasteiger partial charge in [-0.2, -0.15) is 0 Å². The van der Waals surface area contributed by atoms with Crippen molar-refractivity contribution >= 4 is 23.4 Å². The number of benzene rings is 2. The maximum atomic E-state index is 13.3. The second-order valence-electron chi connectivity index (χ2n) is 7.59. The predicted molar refractivity (Wildman–Crippen MR) is 121 cm³/mol. The fourth-order valence-electron chi connectivity index (χ4n) is 3.08. The number of hydrogen-bond donors (Lipinski definition) is 1. The summed E-state index contributed by atoms with van der Waals surface area (Å²) in [7, 11) is 0. The van der Waals surface area contributed by atoms with Gasteiger partial charge in [-0.3, -0.25) is 9.59 Å². The Hall–Kier alpha value is -2.60. The summed E-state index contributed by atoms with van der Waals surface area (Å²) in [4.78, 5) is 27.5. The van der Waals surface area contributed by atoms with Crippen molar-refractivity contribution in [2.24, 2.45) is 0 Å². The lowest BCUT2D eigenvalue weighted by atomic mass is 10.1. The van der Waals surface area contributed by atoms with Crippen LogP contribution in [-0.2, 0) is 16.1 Å². The first-order chi connectivity index (χ1) is 14.7. The minimum atomic E-state index is -0.665. The number of carbonyl (C=O) groups excluding carboxylic acids is 2. The van der Waals surface area contributed by atoms with E-state index < -0.39 is 6.04 Å². The number of halogens is 2. The van der Waals surface area contributed by atoms with Crippen molar-refractivity contribution in [2.45, 2.75) is 59.2 Å². The molecule has 0 heterocycles. The molecule has 2 aromatic carbocycles. The molecule has 5 nitrogen and oxygen atoms in total. The molecule has 0 aliphatic carbocycles. The smallest absolute Gasteiger partial charge is 0.261 e. The van der Waals surface area contributed by atoms with Gasteiger partial charge >= 0.3 is 0 Å². The summed E-state index contributed by atoms with van der Waals surface area (Å²) in [5.41, 5.74) is 1.57. The molecule has 7 heteroatoms. The van der Waals surface area contributed by atoms with Gasteiger partial charge in [0.25, 0.3) is 5.91 Å². The molecule has 168 valence electrons. The van der Waals surface area contributed by atoms with E-state index in [1.165, 1.54) is 17.0 Å². The summed E-state index contributed by atoms with van der Waals surface area (Å²) < 4.78 is 19.0. The van der Waals surface area contributed by atoms with Crippen LogP contribution in [-0.4, -0.2) is 35.4 Å². The zero-order valence-corrected chi connectivity index (χ0v) is 19.2. The number of amides is 2. The van der Waals surface area contributed by atoms with Gasteiger partial charge in [0, 0.05) is 17.6 Å². The highest BCUT2D eigenvalue weighted by Gasteiger charge is 2.29. The number of rotatable bonds is 10. The van der Waals surface area contributed by atoms with Gasteiger partial charge < -0.3 is 15.0 Å². The molecule has 0 fully saturated rings. The van der Waals surface area contributed by atoms with Gasteiger partial charge in [-0.1, -0.05) is 37.6 Å². The second kappa shape index (κ2) is 11.7. The second-order valence-corrected chi connectivity index (χ2v) is 8.00. The van der Waals surface area contributed by atoms with E-state index in [1.807, 2.05) is 27.7 Å². The standard InChI is InChI=1S/C24H30ClFN2O3/c1-5-17(4)27-24(30)22(6-2)28(14-18-7-9-19(26)10-8-18)23(29)15-31-20-11-12-21(25)16(3)13-20/h7-13,17,22H,5-6,14-15H2,1-4H3,(H,27,30)/t17-,22-/m1/s1. The van der Waals surface area contributed by atoms with E-state index in [2.05, 4.69) is 5.32 Å². The molecule has 2 atom stereocenters. The Balaban J connectivity index is 2.21. The number of hydrogen-bond acceptors (Lipinski definition) is 3. The minimum absolute atomic E-state index is 0.00221. The molecule has 31 heavy (non-hydrogen) atoms. The number of ether oxygens (including phenoxy) is 1. The first-order valence-electron chi connectivity index (χ1n) is 10.5. The lowest BCUT2D eigenvalue weighted by molar-refractivity contribution is -0.143. The van der Waals surface area contributed by atoms with Crippen LogP contribution in [0.2, 0.25) is 5.02 Å². The van der Waals surface area contributed by atoms with Gasteiger partial charge in [0.1, 0.15) is 17.6 Å². The molecule has 1 N–H and O–H groups in total. The van der Waals surface area contributed by atoms with Gasteiger partial charge in [0.05, 0.1) is 0 Å². The predicted octanol–water partition coefficient (Wildman–Crippen LogP) is 4.89. The molecular weight excluding hydrogens is 419 g/mol. The number of carbonyl (C=O) groups is 2. The first kappa shape index (κ1) is 24.7. The normalized spacial score (nSPS) is 12.7. The van der Waals surface area contributed by atoms with E-state index in [4.69, 9.17) is 16.3 Å². The highest BCUT2D eigenvalue weighted by atomic mass is 35.5. The van der Waals surface area contributed by atoms with Crippen molar-refractivity contribution < 1.29 is 18.7 Å². The monoisotopic (exact) mass is 448 g/mol. The highest BCUT2D eigenvalue weighted by molar-refractivity contribution is 6.31. The van der Waals surface area contributed by atoms with Crippen LogP contribution >= 0.6 is 11.6 Å².